The van der Waals surface area contributed by atoms with Crippen LogP contribution >= 0.6 is 0 Å². The molecule has 0 fully saturated rings. The highest BCUT2D eigenvalue weighted by atomic mass is 32.2. The number of carbonyl (C=O) groups is 1. The molecular weight excluding hydrogens is 280 g/mol. The summed E-state index contributed by atoms with van der Waals surface area (Å²) in [4.78, 5) is 11.4. The first-order valence-corrected chi connectivity index (χ1v) is 8.31. The third-order valence-corrected chi connectivity index (χ3v) is 4.26. The quantitative estimate of drug-likeness (QED) is 0.925. The van der Waals surface area contributed by atoms with Crippen molar-refractivity contribution in [3.63, 3.8) is 0 Å². The average Bonchev–Trinajstić information content (AvgIpc) is 2.37. The van der Waals surface area contributed by atoms with Crippen molar-refractivity contribution in [1.82, 2.24) is 0 Å². The van der Waals surface area contributed by atoms with Gasteiger partial charge < -0.3 is 4.74 Å². The van der Waals surface area contributed by atoms with E-state index < -0.39 is 16.1 Å². The lowest BCUT2D eigenvalue weighted by Gasteiger charge is -2.29. The first-order valence-electron chi connectivity index (χ1n) is 6.46. The van der Waals surface area contributed by atoms with Crippen LogP contribution in [0.25, 0.3) is 0 Å². The van der Waals surface area contributed by atoms with E-state index in [1.165, 1.54) is 10.6 Å². The summed E-state index contributed by atoms with van der Waals surface area (Å²) in [7, 11) is -3.31. The Balaban J connectivity index is 2.31. The van der Waals surface area contributed by atoms with Gasteiger partial charge in [0.15, 0.2) is 0 Å². The van der Waals surface area contributed by atoms with Crippen LogP contribution < -0.4 is 9.62 Å². The van der Waals surface area contributed by atoms with Crippen LogP contribution in [0, 0.1) is 0 Å². The molecule has 2 rings (SSSR count). The molecule has 1 amide bonds. The van der Waals surface area contributed by atoms with Crippen LogP contribution in [0.4, 0.5) is 16.2 Å². The van der Waals surface area contributed by atoms with Gasteiger partial charge >= 0.3 is 6.09 Å². The Bertz CT molecular complexity index is 613. The lowest BCUT2D eigenvalue weighted by molar-refractivity contribution is 0.168. The van der Waals surface area contributed by atoms with Gasteiger partial charge in [-0.05, 0) is 37.5 Å². The Hall–Kier alpha value is -1.76. The molecule has 0 saturated heterocycles. The molecule has 0 aromatic heterocycles. The van der Waals surface area contributed by atoms with E-state index >= 15 is 0 Å². The number of nitrogens with zero attached hydrogens (tertiary/aromatic N) is 1. The summed E-state index contributed by atoms with van der Waals surface area (Å²) in [5.74, 6) is 0. The molecule has 0 bridgehead atoms. The number of fused-ring (bicyclic) bond motifs is 1. The Kier molecular flexibility index (Phi) is 4.17. The minimum atomic E-state index is -3.31. The predicted molar refractivity (Wildman–Crippen MR) is 77.6 cm³/mol. The van der Waals surface area contributed by atoms with Crippen LogP contribution in [-0.4, -0.2) is 33.9 Å². The molecule has 1 heterocycles. The lowest BCUT2D eigenvalue weighted by atomic mass is 10.0. The second-order valence-corrected chi connectivity index (χ2v) is 6.53. The van der Waals surface area contributed by atoms with E-state index in [4.69, 9.17) is 4.74 Å². The number of hydrogen-bond donors (Lipinski definition) is 1. The van der Waals surface area contributed by atoms with E-state index in [9.17, 15) is 13.2 Å². The van der Waals surface area contributed by atoms with Crippen molar-refractivity contribution in [3.05, 3.63) is 23.8 Å². The summed E-state index contributed by atoms with van der Waals surface area (Å²) in [6, 6.07) is 5.27. The van der Waals surface area contributed by atoms with Crippen molar-refractivity contribution in [1.29, 1.82) is 0 Å². The van der Waals surface area contributed by atoms with E-state index in [0.717, 1.165) is 18.4 Å². The van der Waals surface area contributed by atoms with Crippen LogP contribution in [0.2, 0.25) is 0 Å². The number of hydrogen-bond acceptors (Lipinski definition) is 4. The molecule has 0 aliphatic carbocycles. The summed E-state index contributed by atoms with van der Waals surface area (Å²) in [5, 5.41) is 2.58. The lowest BCUT2D eigenvalue weighted by Crippen LogP contribution is -2.34. The SMILES string of the molecule is CCOC(=O)Nc1ccc2c(c1)N(S(C)(=O)=O)CCC2. The van der Waals surface area contributed by atoms with Gasteiger partial charge in [0.25, 0.3) is 0 Å². The van der Waals surface area contributed by atoms with E-state index in [0.29, 0.717) is 17.9 Å². The Labute approximate surface area is 118 Å². The molecule has 0 radical (unpaired) electrons. The van der Waals surface area contributed by atoms with Gasteiger partial charge in [0.2, 0.25) is 10.0 Å². The number of aryl methyl sites for hydroxylation is 1. The number of benzene rings is 1. The Morgan fingerprint density at radius 3 is 2.85 bits per heavy atom. The summed E-state index contributed by atoms with van der Waals surface area (Å²) in [6.07, 6.45) is 2.27. The van der Waals surface area contributed by atoms with Crippen LogP contribution in [0.3, 0.4) is 0 Å². The maximum Gasteiger partial charge on any atom is 0.411 e. The minimum Gasteiger partial charge on any atom is -0.450 e. The van der Waals surface area contributed by atoms with Crippen molar-refractivity contribution >= 4 is 27.5 Å². The smallest absolute Gasteiger partial charge is 0.411 e. The van der Waals surface area contributed by atoms with Crippen LogP contribution in [0.5, 0.6) is 0 Å². The Morgan fingerprint density at radius 2 is 2.20 bits per heavy atom. The van der Waals surface area contributed by atoms with Crippen molar-refractivity contribution < 1.29 is 17.9 Å². The number of amides is 1. The molecule has 7 heteroatoms. The van der Waals surface area contributed by atoms with Gasteiger partial charge in [0.05, 0.1) is 18.6 Å². The maximum absolute atomic E-state index is 11.8. The van der Waals surface area contributed by atoms with Gasteiger partial charge in [-0.3, -0.25) is 9.62 Å². The molecule has 0 atom stereocenters. The zero-order valence-corrected chi connectivity index (χ0v) is 12.4. The highest BCUT2D eigenvalue weighted by Gasteiger charge is 2.24. The number of anilines is 2. The minimum absolute atomic E-state index is 0.284. The maximum atomic E-state index is 11.8. The molecule has 110 valence electrons. The fraction of sp³-hybridized carbons (Fsp3) is 0.462. The van der Waals surface area contributed by atoms with Crippen LogP contribution in [0.1, 0.15) is 18.9 Å². The number of carbonyl (C=O) groups excluding carboxylic acids is 1. The molecule has 1 aromatic carbocycles. The topological polar surface area (TPSA) is 75.7 Å². The average molecular weight is 298 g/mol. The van der Waals surface area contributed by atoms with Gasteiger partial charge in [0, 0.05) is 12.2 Å². The van der Waals surface area contributed by atoms with Crippen molar-refractivity contribution in [2.75, 3.05) is 29.0 Å². The standard InChI is InChI=1S/C13H18N2O4S/c1-3-19-13(16)14-11-7-6-10-5-4-8-15(12(10)9-11)20(2,17)18/h6-7,9H,3-5,8H2,1-2H3,(H,14,16). The first kappa shape index (κ1) is 14.6. The molecule has 1 aliphatic rings. The number of nitrogens with one attached hydrogen (secondary N) is 1. The summed E-state index contributed by atoms with van der Waals surface area (Å²) in [6.45, 7) is 2.47. The molecule has 0 saturated carbocycles. The molecule has 0 spiro atoms. The van der Waals surface area contributed by atoms with E-state index in [-0.39, 0.29) is 6.61 Å². The van der Waals surface area contributed by atoms with E-state index in [1.807, 2.05) is 6.07 Å². The Morgan fingerprint density at radius 1 is 1.45 bits per heavy atom. The van der Waals surface area contributed by atoms with Crippen LogP contribution in [-0.2, 0) is 21.2 Å². The fourth-order valence-corrected chi connectivity index (χ4v) is 3.24. The highest BCUT2D eigenvalue weighted by Crippen LogP contribution is 2.31. The zero-order valence-electron chi connectivity index (χ0n) is 11.5. The van der Waals surface area contributed by atoms with Gasteiger partial charge in [-0.25, -0.2) is 13.2 Å². The summed E-state index contributed by atoms with van der Waals surface area (Å²) < 4.78 is 29.8. The molecule has 1 aromatic rings. The molecular formula is C13H18N2O4S. The molecule has 6 nitrogen and oxygen atoms in total. The van der Waals surface area contributed by atoms with Crippen molar-refractivity contribution in [2.24, 2.45) is 0 Å². The summed E-state index contributed by atoms with van der Waals surface area (Å²) >= 11 is 0. The third kappa shape index (κ3) is 3.22. The molecule has 0 unspecified atom stereocenters. The zero-order chi connectivity index (χ0) is 14.8. The normalized spacial score (nSPS) is 14.6. The van der Waals surface area contributed by atoms with Gasteiger partial charge in [-0.1, -0.05) is 6.07 Å². The van der Waals surface area contributed by atoms with Crippen molar-refractivity contribution in [3.8, 4) is 0 Å². The number of rotatable bonds is 3. The molecule has 20 heavy (non-hydrogen) atoms. The predicted octanol–water partition coefficient (Wildman–Crippen LogP) is 1.97. The molecule has 1 aliphatic heterocycles. The highest BCUT2D eigenvalue weighted by molar-refractivity contribution is 7.92. The summed E-state index contributed by atoms with van der Waals surface area (Å²) in [5.41, 5.74) is 2.13. The van der Waals surface area contributed by atoms with Gasteiger partial charge in [0.1, 0.15) is 0 Å². The van der Waals surface area contributed by atoms with Crippen LogP contribution in [0.15, 0.2) is 18.2 Å². The fourth-order valence-electron chi connectivity index (χ4n) is 2.25. The first-order chi connectivity index (χ1) is 9.41. The van der Waals surface area contributed by atoms with Gasteiger partial charge in [-0.15, -0.1) is 0 Å². The second-order valence-electron chi connectivity index (χ2n) is 4.63. The second kappa shape index (κ2) is 5.70. The largest absolute Gasteiger partial charge is 0.450 e. The third-order valence-electron chi connectivity index (χ3n) is 3.08. The van der Waals surface area contributed by atoms with E-state index in [1.54, 1.807) is 19.1 Å². The monoisotopic (exact) mass is 298 g/mol. The van der Waals surface area contributed by atoms with E-state index in [2.05, 4.69) is 5.32 Å². The number of ether oxygens (including phenoxy) is 1. The van der Waals surface area contributed by atoms with Crippen molar-refractivity contribution in [2.45, 2.75) is 19.8 Å². The van der Waals surface area contributed by atoms with Gasteiger partial charge in [-0.2, -0.15) is 0 Å². The molecule has 1 N–H and O–H groups in total. The number of sulfonamides is 1.